The van der Waals surface area contributed by atoms with Crippen molar-refractivity contribution in [2.75, 3.05) is 0 Å². The molecule has 5 nitrogen and oxygen atoms in total. The number of benzene rings is 3. The molecule has 0 heterocycles. The number of hydrogen-bond donors (Lipinski definition) is 2. The molecular weight excluding hydrogens is 316 g/mol. The second-order valence-electron chi connectivity index (χ2n) is 5.54. The van der Waals surface area contributed by atoms with E-state index in [4.69, 9.17) is 5.11 Å². The Morgan fingerprint density at radius 3 is 2.44 bits per heavy atom. The average Bonchev–Trinajstić information content (AvgIpc) is 2.62. The molecule has 0 aliphatic carbocycles. The third-order valence-corrected chi connectivity index (χ3v) is 3.79. The SMILES string of the molecule is O=C(Cc1cccc2ccccc12)N/N=C\c1ccc(C(=O)O)cc1. The Morgan fingerprint density at radius 1 is 0.960 bits per heavy atom. The van der Waals surface area contributed by atoms with Crippen molar-refractivity contribution in [2.24, 2.45) is 5.10 Å². The number of carboxylic acid groups (broad SMARTS) is 1. The zero-order valence-corrected chi connectivity index (χ0v) is 13.3. The number of hydrazone groups is 1. The summed E-state index contributed by atoms with van der Waals surface area (Å²) in [5, 5.41) is 14.9. The van der Waals surface area contributed by atoms with Crippen LogP contribution in [-0.4, -0.2) is 23.2 Å². The van der Waals surface area contributed by atoms with Crippen LogP contribution < -0.4 is 5.43 Å². The Bertz CT molecular complexity index is 941. The molecule has 0 atom stereocenters. The number of carboxylic acids is 1. The largest absolute Gasteiger partial charge is 0.478 e. The summed E-state index contributed by atoms with van der Waals surface area (Å²) < 4.78 is 0. The topological polar surface area (TPSA) is 78.8 Å². The molecule has 3 aromatic rings. The normalized spacial score (nSPS) is 10.9. The summed E-state index contributed by atoms with van der Waals surface area (Å²) in [7, 11) is 0. The summed E-state index contributed by atoms with van der Waals surface area (Å²) in [5.41, 5.74) is 4.35. The third-order valence-electron chi connectivity index (χ3n) is 3.79. The van der Waals surface area contributed by atoms with Crippen molar-refractivity contribution in [3.8, 4) is 0 Å². The first-order valence-corrected chi connectivity index (χ1v) is 7.75. The fourth-order valence-corrected chi connectivity index (χ4v) is 2.55. The van der Waals surface area contributed by atoms with E-state index >= 15 is 0 Å². The number of nitrogens with zero attached hydrogens (tertiary/aromatic N) is 1. The maximum absolute atomic E-state index is 12.1. The summed E-state index contributed by atoms with van der Waals surface area (Å²) >= 11 is 0. The molecule has 1 amide bonds. The zero-order valence-electron chi connectivity index (χ0n) is 13.3. The molecule has 3 aromatic carbocycles. The Kier molecular flexibility index (Phi) is 4.85. The lowest BCUT2D eigenvalue weighted by Gasteiger charge is -2.05. The molecule has 124 valence electrons. The van der Waals surface area contributed by atoms with Gasteiger partial charge in [-0.15, -0.1) is 0 Å². The van der Waals surface area contributed by atoms with Crippen LogP contribution in [0.1, 0.15) is 21.5 Å². The minimum Gasteiger partial charge on any atom is -0.478 e. The van der Waals surface area contributed by atoms with E-state index in [1.54, 1.807) is 12.1 Å². The molecule has 0 fully saturated rings. The minimum atomic E-state index is -0.980. The zero-order chi connectivity index (χ0) is 17.6. The van der Waals surface area contributed by atoms with Gasteiger partial charge in [0.25, 0.3) is 0 Å². The number of carbonyl (C=O) groups excluding carboxylic acids is 1. The predicted molar refractivity (Wildman–Crippen MR) is 96.8 cm³/mol. The van der Waals surface area contributed by atoms with E-state index in [0.29, 0.717) is 5.56 Å². The maximum atomic E-state index is 12.1. The molecule has 0 radical (unpaired) electrons. The number of aromatic carboxylic acids is 1. The van der Waals surface area contributed by atoms with E-state index in [1.807, 2.05) is 42.5 Å². The first kappa shape index (κ1) is 16.4. The highest BCUT2D eigenvalue weighted by Gasteiger charge is 2.06. The quantitative estimate of drug-likeness (QED) is 0.556. The molecule has 2 N–H and O–H groups in total. The van der Waals surface area contributed by atoms with Crippen molar-refractivity contribution in [2.45, 2.75) is 6.42 Å². The van der Waals surface area contributed by atoms with E-state index in [-0.39, 0.29) is 17.9 Å². The highest BCUT2D eigenvalue weighted by atomic mass is 16.4. The van der Waals surface area contributed by atoms with Crippen molar-refractivity contribution in [3.05, 3.63) is 83.4 Å². The van der Waals surface area contributed by atoms with Gasteiger partial charge in [0.2, 0.25) is 5.91 Å². The van der Waals surface area contributed by atoms with Crippen LogP contribution in [0, 0.1) is 0 Å². The van der Waals surface area contributed by atoms with Gasteiger partial charge in [0.15, 0.2) is 0 Å². The van der Waals surface area contributed by atoms with Gasteiger partial charge < -0.3 is 5.11 Å². The summed E-state index contributed by atoms with van der Waals surface area (Å²) in [6.45, 7) is 0. The molecule has 25 heavy (non-hydrogen) atoms. The Balaban J connectivity index is 1.63. The molecule has 0 aliphatic rings. The standard InChI is InChI=1S/C20H16N2O3/c23-19(12-17-6-3-5-15-4-1-2-7-18(15)17)22-21-13-14-8-10-16(11-9-14)20(24)25/h1-11,13H,12H2,(H,22,23)(H,24,25)/b21-13-. The summed E-state index contributed by atoms with van der Waals surface area (Å²) in [4.78, 5) is 22.9. The number of carbonyl (C=O) groups is 2. The molecule has 0 aromatic heterocycles. The van der Waals surface area contributed by atoms with Gasteiger partial charge in [-0.25, -0.2) is 10.2 Å². The molecule has 5 heteroatoms. The highest BCUT2D eigenvalue weighted by Crippen LogP contribution is 2.18. The molecule has 0 bridgehead atoms. The molecule has 0 saturated carbocycles. The van der Waals surface area contributed by atoms with Crippen LogP contribution in [0.3, 0.4) is 0 Å². The molecular formula is C20H16N2O3. The van der Waals surface area contributed by atoms with Gasteiger partial charge in [0.05, 0.1) is 18.2 Å². The summed E-state index contributed by atoms with van der Waals surface area (Å²) in [6, 6.07) is 20.0. The van der Waals surface area contributed by atoms with Gasteiger partial charge in [-0.05, 0) is 34.0 Å². The van der Waals surface area contributed by atoms with Gasteiger partial charge in [-0.1, -0.05) is 54.6 Å². The number of hydrogen-bond acceptors (Lipinski definition) is 3. The fourth-order valence-electron chi connectivity index (χ4n) is 2.55. The lowest BCUT2D eigenvalue weighted by atomic mass is 10.0. The minimum absolute atomic E-state index is 0.206. The second-order valence-corrected chi connectivity index (χ2v) is 5.54. The van der Waals surface area contributed by atoms with E-state index in [9.17, 15) is 9.59 Å². The maximum Gasteiger partial charge on any atom is 0.335 e. The highest BCUT2D eigenvalue weighted by molar-refractivity contribution is 5.91. The lowest BCUT2D eigenvalue weighted by Crippen LogP contribution is -2.19. The van der Waals surface area contributed by atoms with E-state index in [0.717, 1.165) is 16.3 Å². The van der Waals surface area contributed by atoms with Crippen LogP contribution in [-0.2, 0) is 11.2 Å². The average molecular weight is 332 g/mol. The summed E-state index contributed by atoms with van der Waals surface area (Å²) in [6.07, 6.45) is 1.71. The first-order valence-electron chi connectivity index (χ1n) is 7.75. The fraction of sp³-hybridized carbons (Fsp3) is 0.0500. The molecule has 3 rings (SSSR count). The first-order chi connectivity index (χ1) is 12.1. The number of nitrogens with one attached hydrogen (secondary N) is 1. The monoisotopic (exact) mass is 332 g/mol. The van der Waals surface area contributed by atoms with Crippen molar-refractivity contribution in [1.29, 1.82) is 0 Å². The van der Waals surface area contributed by atoms with Crippen LogP contribution >= 0.6 is 0 Å². The Labute approximate surface area is 144 Å². The van der Waals surface area contributed by atoms with Crippen molar-refractivity contribution in [1.82, 2.24) is 5.43 Å². The number of rotatable bonds is 5. The van der Waals surface area contributed by atoms with Crippen LogP contribution in [0.2, 0.25) is 0 Å². The van der Waals surface area contributed by atoms with E-state index < -0.39 is 5.97 Å². The van der Waals surface area contributed by atoms with Gasteiger partial charge in [-0.3, -0.25) is 4.79 Å². The second kappa shape index (κ2) is 7.40. The van der Waals surface area contributed by atoms with Crippen LogP contribution in [0.4, 0.5) is 0 Å². The van der Waals surface area contributed by atoms with Crippen LogP contribution in [0.15, 0.2) is 71.8 Å². The van der Waals surface area contributed by atoms with Crippen molar-refractivity contribution < 1.29 is 14.7 Å². The van der Waals surface area contributed by atoms with Gasteiger partial charge in [0.1, 0.15) is 0 Å². The van der Waals surface area contributed by atoms with E-state index in [2.05, 4.69) is 10.5 Å². The van der Waals surface area contributed by atoms with E-state index in [1.165, 1.54) is 18.3 Å². The Hall–Kier alpha value is -3.47. The van der Waals surface area contributed by atoms with Gasteiger partial charge >= 0.3 is 5.97 Å². The van der Waals surface area contributed by atoms with Crippen molar-refractivity contribution >= 4 is 28.9 Å². The predicted octanol–water partition coefficient (Wildman–Crippen LogP) is 3.23. The van der Waals surface area contributed by atoms with Gasteiger partial charge in [0, 0.05) is 0 Å². The van der Waals surface area contributed by atoms with Crippen molar-refractivity contribution in [3.63, 3.8) is 0 Å². The Morgan fingerprint density at radius 2 is 1.68 bits per heavy atom. The molecule has 0 aliphatic heterocycles. The lowest BCUT2D eigenvalue weighted by molar-refractivity contribution is -0.120. The smallest absolute Gasteiger partial charge is 0.335 e. The summed E-state index contributed by atoms with van der Waals surface area (Å²) in [5.74, 6) is -1.19. The number of fused-ring (bicyclic) bond motifs is 1. The molecule has 0 saturated heterocycles. The molecule has 0 spiro atoms. The number of amides is 1. The van der Waals surface area contributed by atoms with Gasteiger partial charge in [-0.2, -0.15) is 5.10 Å². The third kappa shape index (κ3) is 4.09. The molecule has 0 unspecified atom stereocenters. The van der Waals surface area contributed by atoms with Crippen LogP contribution in [0.25, 0.3) is 10.8 Å². The van der Waals surface area contributed by atoms with Crippen LogP contribution in [0.5, 0.6) is 0 Å².